The van der Waals surface area contributed by atoms with Crippen molar-refractivity contribution in [2.24, 2.45) is 0 Å². The summed E-state index contributed by atoms with van der Waals surface area (Å²) in [4.78, 5) is 12.6. The molecule has 0 fully saturated rings. The van der Waals surface area contributed by atoms with E-state index in [9.17, 15) is 4.79 Å². The number of hydrogen-bond donors (Lipinski definition) is 0. The van der Waals surface area contributed by atoms with Gasteiger partial charge in [0.2, 0.25) is 0 Å². The van der Waals surface area contributed by atoms with Gasteiger partial charge in [-0.25, -0.2) is 4.79 Å². The molecule has 0 saturated carbocycles. The first kappa shape index (κ1) is 17.4. The maximum absolute atomic E-state index is 12.6. The minimum Gasteiger partial charge on any atom is -0.497 e. The summed E-state index contributed by atoms with van der Waals surface area (Å²) in [6.45, 7) is 1.78. The fraction of sp³-hybridized carbons (Fsp3) is 0.200. The number of hydrogen-bond acceptors (Lipinski definition) is 6. The van der Waals surface area contributed by atoms with Crippen molar-refractivity contribution in [2.75, 3.05) is 20.8 Å². The molecule has 0 amide bonds. The predicted molar refractivity (Wildman–Crippen MR) is 96.9 cm³/mol. The highest BCUT2D eigenvalue weighted by atomic mass is 16.5. The summed E-state index contributed by atoms with van der Waals surface area (Å²) in [6.07, 6.45) is 0. The Bertz CT molecular complexity index is 1060. The molecule has 26 heavy (non-hydrogen) atoms. The number of rotatable bonds is 5. The van der Waals surface area contributed by atoms with E-state index in [1.165, 1.54) is 7.11 Å². The van der Waals surface area contributed by atoms with Gasteiger partial charge in [-0.05, 0) is 48.9 Å². The van der Waals surface area contributed by atoms with Crippen LogP contribution in [-0.2, 0) is 0 Å². The molecule has 1 aromatic heterocycles. The van der Waals surface area contributed by atoms with E-state index < -0.39 is 5.63 Å². The molecule has 0 N–H and O–H groups in total. The molecule has 0 aliphatic heterocycles. The van der Waals surface area contributed by atoms with Crippen LogP contribution in [0.4, 0.5) is 0 Å². The molecular formula is C20H17NO5. The van der Waals surface area contributed by atoms with Gasteiger partial charge in [0.1, 0.15) is 28.9 Å². The summed E-state index contributed by atoms with van der Waals surface area (Å²) in [6, 6.07) is 12.2. The maximum atomic E-state index is 12.6. The van der Waals surface area contributed by atoms with E-state index in [1.54, 1.807) is 43.5 Å². The maximum Gasteiger partial charge on any atom is 0.344 e. The molecule has 0 spiro atoms. The van der Waals surface area contributed by atoms with Crippen LogP contribution in [-0.4, -0.2) is 20.8 Å². The number of nitrogens with zero attached hydrogens (tertiary/aromatic N) is 1. The Labute approximate surface area is 150 Å². The first-order valence-electron chi connectivity index (χ1n) is 7.88. The van der Waals surface area contributed by atoms with E-state index in [4.69, 9.17) is 23.9 Å². The summed E-state index contributed by atoms with van der Waals surface area (Å²) >= 11 is 0. The van der Waals surface area contributed by atoms with E-state index in [2.05, 4.69) is 0 Å². The lowest BCUT2D eigenvalue weighted by molar-refractivity contribution is 0.368. The third kappa shape index (κ3) is 3.07. The average Bonchev–Trinajstić information content (AvgIpc) is 2.66. The van der Waals surface area contributed by atoms with E-state index in [0.29, 0.717) is 34.0 Å². The lowest BCUT2D eigenvalue weighted by Gasteiger charge is -2.13. The number of fused-ring (bicyclic) bond motifs is 1. The zero-order chi connectivity index (χ0) is 18.7. The van der Waals surface area contributed by atoms with Gasteiger partial charge >= 0.3 is 5.63 Å². The first-order chi connectivity index (χ1) is 12.6. The summed E-state index contributed by atoms with van der Waals surface area (Å²) in [5, 5.41) is 9.39. The minimum absolute atomic E-state index is 0.0576. The highest BCUT2D eigenvalue weighted by Crippen LogP contribution is 2.36. The van der Waals surface area contributed by atoms with Gasteiger partial charge < -0.3 is 18.6 Å². The van der Waals surface area contributed by atoms with Crippen LogP contribution in [0.5, 0.6) is 17.2 Å². The molecular weight excluding hydrogens is 334 g/mol. The lowest BCUT2D eigenvalue weighted by atomic mass is 9.98. The lowest BCUT2D eigenvalue weighted by Crippen LogP contribution is -2.07. The van der Waals surface area contributed by atoms with E-state index in [1.807, 2.05) is 13.0 Å². The SMILES string of the molecule is COc1ccc(OC)c(-c2c(C)c3cc(OCC#N)ccc3oc2=O)c1. The molecule has 0 unspecified atom stereocenters. The van der Waals surface area contributed by atoms with Crippen LogP contribution in [0.25, 0.3) is 22.1 Å². The molecule has 1 heterocycles. The van der Waals surface area contributed by atoms with E-state index in [-0.39, 0.29) is 6.61 Å². The molecule has 0 bridgehead atoms. The van der Waals surface area contributed by atoms with Crippen molar-refractivity contribution in [1.29, 1.82) is 5.26 Å². The second kappa shape index (κ2) is 7.19. The van der Waals surface area contributed by atoms with Crippen LogP contribution in [0.2, 0.25) is 0 Å². The van der Waals surface area contributed by atoms with Gasteiger partial charge in [0.15, 0.2) is 6.61 Å². The van der Waals surface area contributed by atoms with Crippen LogP contribution < -0.4 is 19.8 Å². The van der Waals surface area contributed by atoms with Crippen LogP contribution in [0.1, 0.15) is 5.56 Å². The monoisotopic (exact) mass is 351 g/mol. The molecule has 0 saturated heterocycles. The molecule has 0 atom stereocenters. The van der Waals surface area contributed by atoms with Crippen LogP contribution in [0.3, 0.4) is 0 Å². The van der Waals surface area contributed by atoms with Crippen molar-refractivity contribution >= 4 is 11.0 Å². The fourth-order valence-corrected chi connectivity index (χ4v) is 2.86. The number of nitriles is 1. The Morgan fingerprint density at radius 2 is 1.85 bits per heavy atom. The molecule has 3 rings (SSSR count). The standard InChI is InChI=1S/C20H17NO5/c1-12-15-11-14(25-9-8-21)5-7-18(15)26-20(22)19(12)16-10-13(23-2)4-6-17(16)24-3/h4-7,10-11H,9H2,1-3H3. The van der Waals surface area contributed by atoms with Crippen LogP contribution in [0, 0.1) is 18.3 Å². The van der Waals surface area contributed by atoms with E-state index in [0.717, 1.165) is 10.9 Å². The van der Waals surface area contributed by atoms with Crippen molar-refractivity contribution in [2.45, 2.75) is 6.92 Å². The molecule has 0 aliphatic rings. The normalized spacial score (nSPS) is 10.4. The van der Waals surface area contributed by atoms with Crippen molar-refractivity contribution < 1.29 is 18.6 Å². The topological polar surface area (TPSA) is 81.7 Å². The Morgan fingerprint density at radius 3 is 2.54 bits per heavy atom. The van der Waals surface area contributed by atoms with Gasteiger partial charge in [-0.1, -0.05) is 0 Å². The molecule has 132 valence electrons. The van der Waals surface area contributed by atoms with Gasteiger partial charge in [0, 0.05) is 10.9 Å². The zero-order valence-corrected chi connectivity index (χ0v) is 14.7. The predicted octanol–water partition coefficient (Wildman–Crippen LogP) is 3.69. The van der Waals surface area contributed by atoms with Crippen molar-refractivity contribution in [1.82, 2.24) is 0 Å². The van der Waals surface area contributed by atoms with Crippen LogP contribution >= 0.6 is 0 Å². The Morgan fingerprint density at radius 1 is 1.08 bits per heavy atom. The van der Waals surface area contributed by atoms with Gasteiger partial charge in [-0.15, -0.1) is 0 Å². The number of aryl methyl sites for hydroxylation is 1. The highest BCUT2D eigenvalue weighted by molar-refractivity contribution is 5.89. The molecule has 0 aliphatic carbocycles. The summed E-state index contributed by atoms with van der Waals surface area (Å²) in [7, 11) is 3.09. The fourth-order valence-electron chi connectivity index (χ4n) is 2.86. The zero-order valence-electron chi connectivity index (χ0n) is 14.7. The van der Waals surface area contributed by atoms with Gasteiger partial charge in [-0.2, -0.15) is 5.26 Å². The Hall–Kier alpha value is -3.46. The molecule has 6 heteroatoms. The van der Waals surface area contributed by atoms with Crippen molar-refractivity contribution in [3.63, 3.8) is 0 Å². The van der Waals surface area contributed by atoms with Crippen molar-refractivity contribution in [3.8, 4) is 34.4 Å². The molecule has 2 aromatic carbocycles. The van der Waals surface area contributed by atoms with Crippen LogP contribution in [0.15, 0.2) is 45.6 Å². The molecule has 6 nitrogen and oxygen atoms in total. The largest absolute Gasteiger partial charge is 0.497 e. The Balaban J connectivity index is 2.27. The third-order valence-corrected chi connectivity index (χ3v) is 4.12. The third-order valence-electron chi connectivity index (χ3n) is 4.12. The first-order valence-corrected chi connectivity index (χ1v) is 7.88. The molecule has 3 aromatic rings. The minimum atomic E-state index is -0.466. The Kier molecular flexibility index (Phi) is 4.81. The van der Waals surface area contributed by atoms with Gasteiger partial charge in [0.05, 0.1) is 19.8 Å². The number of benzene rings is 2. The van der Waals surface area contributed by atoms with E-state index >= 15 is 0 Å². The average molecular weight is 351 g/mol. The van der Waals surface area contributed by atoms with Crippen molar-refractivity contribution in [3.05, 3.63) is 52.4 Å². The summed E-state index contributed by atoms with van der Waals surface area (Å²) in [5.74, 6) is 1.67. The quantitative estimate of drug-likeness (QED) is 0.652. The molecule has 0 radical (unpaired) electrons. The highest BCUT2D eigenvalue weighted by Gasteiger charge is 2.18. The smallest absolute Gasteiger partial charge is 0.344 e. The number of ether oxygens (including phenoxy) is 3. The van der Waals surface area contributed by atoms with Gasteiger partial charge in [0.25, 0.3) is 0 Å². The summed E-state index contributed by atoms with van der Waals surface area (Å²) < 4.78 is 21.5. The second-order valence-electron chi connectivity index (χ2n) is 5.56. The van der Waals surface area contributed by atoms with Gasteiger partial charge in [-0.3, -0.25) is 0 Å². The summed E-state index contributed by atoms with van der Waals surface area (Å²) in [5.41, 5.74) is 1.69. The second-order valence-corrected chi connectivity index (χ2v) is 5.56. The number of methoxy groups -OCH3 is 2.